The Bertz CT molecular complexity index is 922. The lowest BCUT2D eigenvalue weighted by Gasteiger charge is -2.33. The molecule has 178 valence electrons. The molecule has 33 heavy (non-hydrogen) atoms. The first-order chi connectivity index (χ1) is 16.0. The van der Waals surface area contributed by atoms with Crippen LogP contribution in [-0.4, -0.2) is 51.8 Å². The second-order valence-corrected chi connectivity index (χ2v) is 8.39. The molecule has 2 aromatic carbocycles. The van der Waals surface area contributed by atoms with Gasteiger partial charge in [-0.1, -0.05) is 6.92 Å². The summed E-state index contributed by atoms with van der Waals surface area (Å²) in [5, 5.41) is 5.91. The molecule has 2 amide bonds. The summed E-state index contributed by atoms with van der Waals surface area (Å²) < 4.78 is 10.5. The van der Waals surface area contributed by atoms with Crippen LogP contribution in [0, 0.1) is 5.92 Å². The average Bonchev–Trinajstić information content (AvgIpc) is 2.84. The summed E-state index contributed by atoms with van der Waals surface area (Å²) in [6.45, 7) is 7.88. The first-order valence-corrected chi connectivity index (χ1v) is 11.7. The van der Waals surface area contributed by atoms with Crippen molar-refractivity contribution in [2.24, 2.45) is 5.92 Å². The van der Waals surface area contributed by atoms with Gasteiger partial charge in [-0.05, 0) is 74.6 Å². The van der Waals surface area contributed by atoms with Crippen molar-refractivity contribution >= 4 is 23.2 Å². The molecule has 0 radical (unpaired) electrons. The monoisotopic (exact) mass is 453 g/mol. The Labute approximate surface area is 196 Å². The van der Waals surface area contributed by atoms with Gasteiger partial charge in [0.2, 0.25) is 0 Å². The maximum Gasteiger partial charge on any atom is 0.255 e. The number of methoxy groups -OCH3 is 1. The standard InChI is InChI=1S/C26H35N3O4/c1-4-33-17-5-14-27-26(31)23-18-21(8-11-24(23)29-15-12-19(2)13-16-29)28-25(30)20-6-9-22(32-3)10-7-20/h6-11,18-19H,4-5,12-17H2,1-3H3,(H,27,31)(H,28,30). The smallest absolute Gasteiger partial charge is 0.255 e. The fourth-order valence-corrected chi connectivity index (χ4v) is 3.88. The molecule has 0 aromatic heterocycles. The highest BCUT2D eigenvalue weighted by Crippen LogP contribution is 2.29. The Kier molecular flexibility index (Phi) is 9.13. The molecule has 7 heteroatoms. The number of rotatable bonds is 10. The van der Waals surface area contributed by atoms with E-state index < -0.39 is 0 Å². The number of carbonyl (C=O) groups is 2. The van der Waals surface area contributed by atoms with Crippen LogP contribution in [0.2, 0.25) is 0 Å². The van der Waals surface area contributed by atoms with Gasteiger partial charge in [0, 0.05) is 49.8 Å². The summed E-state index contributed by atoms with van der Waals surface area (Å²) in [5.74, 6) is 1.01. The molecule has 1 aliphatic rings. The van der Waals surface area contributed by atoms with Gasteiger partial charge in [0.15, 0.2) is 0 Å². The van der Waals surface area contributed by atoms with Gasteiger partial charge in [0.05, 0.1) is 12.7 Å². The van der Waals surface area contributed by atoms with Crippen molar-refractivity contribution < 1.29 is 19.1 Å². The van der Waals surface area contributed by atoms with Crippen molar-refractivity contribution in [2.45, 2.75) is 33.1 Å². The largest absolute Gasteiger partial charge is 0.497 e. The summed E-state index contributed by atoms with van der Waals surface area (Å²) in [7, 11) is 1.59. The molecule has 2 aromatic rings. The highest BCUT2D eigenvalue weighted by Gasteiger charge is 2.22. The third kappa shape index (κ3) is 6.96. The number of benzene rings is 2. The van der Waals surface area contributed by atoms with Gasteiger partial charge in [-0.2, -0.15) is 0 Å². The van der Waals surface area contributed by atoms with Gasteiger partial charge < -0.3 is 25.0 Å². The molecule has 0 spiro atoms. The first-order valence-electron chi connectivity index (χ1n) is 11.7. The molecule has 0 atom stereocenters. The number of carbonyl (C=O) groups excluding carboxylic acids is 2. The van der Waals surface area contributed by atoms with E-state index in [4.69, 9.17) is 9.47 Å². The molecule has 1 aliphatic heterocycles. The van der Waals surface area contributed by atoms with Crippen LogP contribution in [0.5, 0.6) is 5.75 Å². The van der Waals surface area contributed by atoms with Crippen LogP contribution >= 0.6 is 0 Å². The maximum atomic E-state index is 13.1. The van der Waals surface area contributed by atoms with Gasteiger partial charge in [-0.15, -0.1) is 0 Å². The Morgan fingerprint density at radius 3 is 2.45 bits per heavy atom. The van der Waals surface area contributed by atoms with Gasteiger partial charge >= 0.3 is 0 Å². The molecule has 3 rings (SSSR count). The van der Waals surface area contributed by atoms with Crippen molar-refractivity contribution in [2.75, 3.05) is 50.2 Å². The van der Waals surface area contributed by atoms with E-state index in [-0.39, 0.29) is 11.8 Å². The summed E-state index contributed by atoms with van der Waals surface area (Å²) in [6.07, 6.45) is 2.96. The van der Waals surface area contributed by atoms with Crippen LogP contribution < -0.4 is 20.3 Å². The predicted molar refractivity (Wildman–Crippen MR) is 131 cm³/mol. The third-order valence-electron chi connectivity index (χ3n) is 5.93. The van der Waals surface area contributed by atoms with E-state index in [9.17, 15) is 9.59 Å². The molecule has 1 saturated heterocycles. The van der Waals surface area contributed by atoms with Crippen molar-refractivity contribution in [1.29, 1.82) is 0 Å². The lowest BCUT2D eigenvalue weighted by molar-refractivity contribution is 0.0943. The van der Waals surface area contributed by atoms with Crippen LogP contribution in [0.15, 0.2) is 42.5 Å². The number of anilines is 2. The van der Waals surface area contributed by atoms with Crippen LogP contribution in [0.3, 0.4) is 0 Å². The summed E-state index contributed by atoms with van der Waals surface area (Å²) in [5.41, 5.74) is 2.59. The molecular weight excluding hydrogens is 418 g/mol. The fraction of sp³-hybridized carbons (Fsp3) is 0.462. The molecule has 1 heterocycles. The molecule has 0 bridgehead atoms. The zero-order valence-electron chi connectivity index (χ0n) is 19.9. The SMILES string of the molecule is CCOCCCNC(=O)c1cc(NC(=O)c2ccc(OC)cc2)ccc1N1CCC(C)CC1. The van der Waals surface area contributed by atoms with Crippen molar-refractivity contribution in [1.82, 2.24) is 5.32 Å². The van der Waals surface area contributed by atoms with E-state index in [2.05, 4.69) is 22.5 Å². The van der Waals surface area contributed by atoms with Crippen molar-refractivity contribution in [3.8, 4) is 5.75 Å². The third-order valence-corrected chi connectivity index (χ3v) is 5.93. The van der Waals surface area contributed by atoms with E-state index in [0.717, 1.165) is 38.0 Å². The minimum Gasteiger partial charge on any atom is -0.497 e. The lowest BCUT2D eigenvalue weighted by atomic mass is 9.97. The highest BCUT2D eigenvalue weighted by molar-refractivity contribution is 6.06. The predicted octanol–water partition coefficient (Wildman–Crippen LogP) is 4.34. The Balaban J connectivity index is 1.76. The second-order valence-electron chi connectivity index (χ2n) is 8.39. The number of hydrogen-bond acceptors (Lipinski definition) is 5. The quantitative estimate of drug-likeness (QED) is 0.523. The minimum absolute atomic E-state index is 0.138. The van der Waals surface area contributed by atoms with Gasteiger partial charge in [-0.3, -0.25) is 9.59 Å². The molecule has 0 unspecified atom stereocenters. The number of hydrogen-bond donors (Lipinski definition) is 2. The van der Waals surface area contributed by atoms with E-state index >= 15 is 0 Å². The number of nitrogens with one attached hydrogen (secondary N) is 2. The van der Waals surface area contributed by atoms with E-state index in [1.165, 1.54) is 0 Å². The molecule has 1 fully saturated rings. The second kappa shape index (κ2) is 12.3. The first kappa shape index (κ1) is 24.6. The topological polar surface area (TPSA) is 79.9 Å². The summed E-state index contributed by atoms with van der Waals surface area (Å²) in [6, 6.07) is 12.5. The van der Waals surface area contributed by atoms with Crippen LogP contribution in [0.25, 0.3) is 0 Å². The van der Waals surface area contributed by atoms with Crippen LogP contribution in [-0.2, 0) is 4.74 Å². The van der Waals surface area contributed by atoms with Crippen molar-refractivity contribution in [3.63, 3.8) is 0 Å². The normalized spacial score (nSPS) is 14.1. The van der Waals surface area contributed by atoms with Crippen LogP contribution in [0.4, 0.5) is 11.4 Å². The molecule has 2 N–H and O–H groups in total. The molecule has 7 nitrogen and oxygen atoms in total. The fourth-order valence-electron chi connectivity index (χ4n) is 3.88. The van der Waals surface area contributed by atoms with Crippen LogP contribution in [0.1, 0.15) is 53.8 Å². The lowest BCUT2D eigenvalue weighted by Crippen LogP contribution is -2.35. The molecule has 0 aliphatic carbocycles. The maximum absolute atomic E-state index is 13.1. The Morgan fingerprint density at radius 1 is 1.06 bits per heavy atom. The van der Waals surface area contributed by atoms with Crippen molar-refractivity contribution in [3.05, 3.63) is 53.6 Å². The summed E-state index contributed by atoms with van der Waals surface area (Å²) >= 11 is 0. The average molecular weight is 454 g/mol. The Hall–Kier alpha value is -3.06. The number of piperidine rings is 1. The summed E-state index contributed by atoms with van der Waals surface area (Å²) in [4.78, 5) is 28.1. The minimum atomic E-state index is -0.236. The van der Waals surface area contributed by atoms with E-state index in [1.807, 2.05) is 19.1 Å². The van der Waals surface area contributed by atoms with Gasteiger partial charge in [0.25, 0.3) is 11.8 Å². The molecule has 0 saturated carbocycles. The Morgan fingerprint density at radius 2 is 1.79 bits per heavy atom. The van der Waals surface area contributed by atoms with E-state index in [0.29, 0.717) is 48.2 Å². The van der Waals surface area contributed by atoms with Gasteiger partial charge in [-0.25, -0.2) is 0 Å². The number of nitrogens with zero attached hydrogens (tertiary/aromatic N) is 1. The van der Waals surface area contributed by atoms with Gasteiger partial charge in [0.1, 0.15) is 5.75 Å². The zero-order valence-corrected chi connectivity index (χ0v) is 19.9. The number of ether oxygens (including phenoxy) is 2. The molecular formula is C26H35N3O4. The zero-order chi connectivity index (χ0) is 23.6. The van der Waals surface area contributed by atoms with E-state index in [1.54, 1.807) is 37.4 Å². The highest BCUT2D eigenvalue weighted by atomic mass is 16.5. The number of amides is 2.